The minimum atomic E-state index is -0.290. The molecule has 0 aromatic heterocycles. The van der Waals surface area contributed by atoms with Crippen LogP contribution in [-0.2, 0) is 5.54 Å². The second-order valence-corrected chi connectivity index (χ2v) is 5.21. The van der Waals surface area contributed by atoms with E-state index in [4.69, 9.17) is 5.73 Å². The van der Waals surface area contributed by atoms with Crippen molar-refractivity contribution in [3.63, 3.8) is 0 Å². The van der Waals surface area contributed by atoms with Gasteiger partial charge in [0.25, 0.3) is 0 Å². The second-order valence-electron chi connectivity index (χ2n) is 5.21. The molecule has 0 aliphatic carbocycles. The third kappa shape index (κ3) is 4.88. The summed E-state index contributed by atoms with van der Waals surface area (Å²) in [7, 11) is 0. The van der Waals surface area contributed by atoms with Crippen molar-refractivity contribution in [3.05, 3.63) is 35.9 Å². The van der Waals surface area contributed by atoms with Gasteiger partial charge in [0.15, 0.2) is 0 Å². The van der Waals surface area contributed by atoms with Crippen molar-refractivity contribution in [1.82, 2.24) is 5.32 Å². The van der Waals surface area contributed by atoms with Gasteiger partial charge in [0.05, 0.1) is 5.54 Å². The Labute approximate surface area is 106 Å². The zero-order valence-electron chi connectivity index (χ0n) is 11.4. The van der Waals surface area contributed by atoms with Crippen molar-refractivity contribution in [3.8, 4) is 0 Å². The molecule has 0 saturated carbocycles. The Hall–Kier alpha value is -0.860. The molecule has 0 saturated heterocycles. The van der Waals surface area contributed by atoms with Gasteiger partial charge in [-0.15, -0.1) is 0 Å². The van der Waals surface area contributed by atoms with E-state index in [-0.39, 0.29) is 5.54 Å². The van der Waals surface area contributed by atoms with Gasteiger partial charge in [-0.05, 0) is 25.8 Å². The van der Waals surface area contributed by atoms with Crippen molar-refractivity contribution < 1.29 is 0 Å². The SMILES string of the molecule is CCCCC(C)NCC(C)(N)c1ccccc1. The van der Waals surface area contributed by atoms with Crippen molar-refractivity contribution in [1.29, 1.82) is 0 Å². The molecule has 1 aromatic carbocycles. The fourth-order valence-corrected chi connectivity index (χ4v) is 1.92. The summed E-state index contributed by atoms with van der Waals surface area (Å²) in [6, 6.07) is 10.8. The first-order valence-corrected chi connectivity index (χ1v) is 6.64. The molecule has 2 heteroatoms. The molecule has 0 bridgehead atoms. The van der Waals surface area contributed by atoms with Crippen molar-refractivity contribution >= 4 is 0 Å². The van der Waals surface area contributed by atoms with E-state index in [1.807, 2.05) is 18.2 Å². The number of hydrogen-bond acceptors (Lipinski definition) is 2. The number of hydrogen-bond donors (Lipinski definition) is 2. The van der Waals surface area contributed by atoms with Gasteiger partial charge in [0.1, 0.15) is 0 Å². The van der Waals surface area contributed by atoms with E-state index >= 15 is 0 Å². The normalized spacial score (nSPS) is 16.5. The monoisotopic (exact) mass is 234 g/mol. The van der Waals surface area contributed by atoms with Gasteiger partial charge in [-0.2, -0.15) is 0 Å². The molecule has 3 N–H and O–H groups in total. The van der Waals surface area contributed by atoms with E-state index in [1.165, 1.54) is 24.8 Å². The predicted octanol–water partition coefficient (Wildman–Crippen LogP) is 3.03. The van der Waals surface area contributed by atoms with Gasteiger partial charge in [-0.1, -0.05) is 50.1 Å². The van der Waals surface area contributed by atoms with Crippen molar-refractivity contribution in [2.24, 2.45) is 5.73 Å². The molecule has 0 aliphatic rings. The lowest BCUT2D eigenvalue weighted by atomic mass is 9.93. The average molecular weight is 234 g/mol. The van der Waals surface area contributed by atoms with Gasteiger partial charge in [-0.25, -0.2) is 0 Å². The first-order chi connectivity index (χ1) is 8.06. The highest BCUT2D eigenvalue weighted by molar-refractivity contribution is 5.23. The summed E-state index contributed by atoms with van der Waals surface area (Å²) in [6.45, 7) is 7.37. The molecule has 0 fully saturated rings. The van der Waals surface area contributed by atoms with Gasteiger partial charge in [0.2, 0.25) is 0 Å². The van der Waals surface area contributed by atoms with Crippen LogP contribution in [0.3, 0.4) is 0 Å². The molecule has 1 rings (SSSR count). The van der Waals surface area contributed by atoms with Gasteiger partial charge in [0, 0.05) is 12.6 Å². The number of nitrogens with two attached hydrogens (primary N) is 1. The highest BCUT2D eigenvalue weighted by Crippen LogP contribution is 2.16. The Kier molecular flexibility index (Phi) is 5.66. The summed E-state index contributed by atoms with van der Waals surface area (Å²) in [6.07, 6.45) is 3.76. The predicted molar refractivity (Wildman–Crippen MR) is 75.0 cm³/mol. The number of benzene rings is 1. The maximum Gasteiger partial charge on any atom is 0.0507 e. The first-order valence-electron chi connectivity index (χ1n) is 6.64. The topological polar surface area (TPSA) is 38.0 Å². The fourth-order valence-electron chi connectivity index (χ4n) is 1.92. The lowest BCUT2D eigenvalue weighted by Crippen LogP contribution is -2.45. The van der Waals surface area contributed by atoms with Gasteiger partial charge >= 0.3 is 0 Å². The minimum Gasteiger partial charge on any atom is -0.321 e. The van der Waals surface area contributed by atoms with Crippen molar-refractivity contribution in [2.45, 2.75) is 51.6 Å². The molecule has 0 amide bonds. The van der Waals surface area contributed by atoms with Crippen LogP contribution in [0.4, 0.5) is 0 Å². The van der Waals surface area contributed by atoms with E-state index in [2.05, 4.69) is 38.2 Å². The highest BCUT2D eigenvalue weighted by Gasteiger charge is 2.20. The van der Waals surface area contributed by atoms with E-state index in [9.17, 15) is 0 Å². The maximum atomic E-state index is 6.35. The molecule has 0 aliphatic heterocycles. The molecule has 17 heavy (non-hydrogen) atoms. The Morgan fingerprint density at radius 1 is 1.29 bits per heavy atom. The quantitative estimate of drug-likeness (QED) is 0.761. The summed E-state index contributed by atoms with van der Waals surface area (Å²) in [5.41, 5.74) is 7.25. The molecular formula is C15H26N2. The molecule has 0 spiro atoms. The lowest BCUT2D eigenvalue weighted by molar-refractivity contribution is 0.397. The van der Waals surface area contributed by atoms with Gasteiger partial charge < -0.3 is 11.1 Å². The third-order valence-corrected chi connectivity index (χ3v) is 3.24. The number of unbranched alkanes of at least 4 members (excludes halogenated alkanes) is 1. The molecule has 0 heterocycles. The Balaban J connectivity index is 2.45. The molecule has 2 unspecified atom stereocenters. The van der Waals surface area contributed by atoms with Crippen LogP contribution in [0, 0.1) is 0 Å². The third-order valence-electron chi connectivity index (χ3n) is 3.24. The summed E-state index contributed by atoms with van der Waals surface area (Å²) in [5.74, 6) is 0. The lowest BCUT2D eigenvalue weighted by Gasteiger charge is -2.27. The number of nitrogens with one attached hydrogen (secondary N) is 1. The van der Waals surface area contributed by atoms with Crippen LogP contribution in [0.5, 0.6) is 0 Å². The zero-order valence-corrected chi connectivity index (χ0v) is 11.4. The Morgan fingerprint density at radius 3 is 2.53 bits per heavy atom. The van der Waals surface area contributed by atoms with E-state index in [0.29, 0.717) is 6.04 Å². The molecule has 96 valence electrons. The van der Waals surface area contributed by atoms with Gasteiger partial charge in [-0.3, -0.25) is 0 Å². The molecule has 0 radical (unpaired) electrons. The standard InChI is InChI=1S/C15H26N2/c1-4-5-9-13(2)17-12-15(3,16)14-10-7-6-8-11-14/h6-8,10-11,13,17H,4-5,9,12,16H2,1-3H3. The maximum absolute atomic E-state index is 6.35. The van der Waals surface area contributed by atoms with Crippen LogP contribution in [0.2, 0.25) is 0 Å². The highest BCUT2D eigenvalue weighted by atomic mass is 15.0. The minimum absolute atomic E-state index is 0.290. The summed E-state index contributed by atoms with van der Waals surface area (Å²) in [4.78, 5) is 0. The average Bonchev–Trinajstić information content (AvgIpc) is 2.35. The summed E-state index contributed by atoms with van der Waals surface area (Å²) in [5, 5.41) is 3.53. The molecule has 2 nitrogen and oxygen atoms in total. The zero-order chi connectivity index (χ0) is 12.7. The van der Waals surface area contributed by atoms with Crippen LogP contribution >= 0.6 is 0 Å². The summed E-state index contributed by atoms with van der Waals surface area (Å²) >= 11 is 0. The second kappa shape index (κ2) is 6.77. The van der Waals surface area contributed by atoms with Crippen LogP contribution in [0.25, 0.3) is 0 Å². The molecule has 1 aromatic rings. The van der Waals surface area contributed by atoms with E-state index < -0.39 is 0 Å². The van der Waals surface area contributed by atoms with E-state index in [1.54, 1.807) is 0 Å². The first kappa shape index (κ1) is 14.2. The fraction of sp³-hybridized carbons (Fsp3) is 0.600. The smallest absolute Gasteiger partial charge is 0.0507 e. The van der Waals surface area contributed by atoms with E-state index in [0.717, 1.165) is 6.54 Å². The summed E-state index contributed by atoms with van der Waals surface area (Å²) < 4.78 is 0. The largest absolute Gasteiger partial charge is 0.321 e. The van der Waals surface area contributed by atoms with Crippen LogP contribution in [0.1, 0.15) is 45.6 Å². The molecular weight excluding hydrogens is 208 g/mol. The van der Waals surface area contributed by atoms with Crippen LogP contribution in [0.15, 0.2) is 30.3 Å². The van der Waals surface area contributed by atoms with Crippen molar-refractivity contribution in [2.75, 3.05) is 6.54 Å². The van der Waals surface area contributed by atoms with Crippen LogP contribution in [-0.4, -0.2) is 12.6 Å². The molecule has 2 atom stereocenters. The van der Waals surface area contributed by atoms with Crippen LogP contribution < -0.4 is 11.1 Å². The number of rotatable bonds is 7. The Morgan fingerprint density at radius 2 is 1.94 bits per heavy atom. The Bertz CT molecular complexity index is 306.